The second-order valence-corrected chi connectivity index (χ2v) is 4.28. The monoisotopic (exact) mass is 255 g/mol. The lowest BCUT2D eigenvalue weighted by Gasteiger charge is -2.19. The fourth-order valence-electron chi connectivity index (χ4n) is 2.12. The van der Waals surface area contributed by atoms with Crippen LogP contribution in [0.2, 0.25) is 0 Å². The quantitative estimate of drug-likeness (QED) is 0.853. The van der Waals surface area contributed by atoms with Crippen molar-refractivity contribution in [3.8, 4) is 16.9 Å². The van der Waals surface area contributed by atoms with Gasteiger partial charge in [-0.1, -0.05) is 6.07 Å². The van der Waals surface area contributed by atoms with E-state index in [-0.39, 0.29) is 12.5 Å². The number of nitrogens with zero attached hydrogens (tertiary/aromatic N) is 1. The summed E-state index contributed by atoms with van der Waals surface area (Å²) in [4.78, 5) is 15.4. The number of ether oxygens (including phenoxy) is 1. The number of hydrogen-bond acceptors (Lipinski definition) is 4. The van der Waals surface area contributed by atoms with E-state index in [1.165, 1.54) is 0 Å². The number of fused-ring (bicyclic) bond motifs is 1. The predicted molar refractivity (Wildman–Crippen MR) is 71.7 cm³/mol. The number of nitrogens with two attached hydrogens (primary N) is 1. The van der Waals surface area contributed by atoms with Crippen molar-refractivity contribution in [2.75, 3.05) is 11.9 Å². The molecule has 1 aliphatic heterocycles. The minimum Gasteiger partial charge on any atom is -0.482 e. The summed E-state index contributed by atoms with van der Waals surface area (Å²) in [5.41, 5.74) is 9.36. The lowest BCUT2D eigenvalue weighted by Crippen LogP contribution is -2.25. The smallest absolute Gasteiger partial charge is 0.262 e. The van der Waals surface area contributed by atoms with Gasteiger partial charge in [-0.05, 0) is 34.9 Å². The second kappa shape index (κ2) is 4.70. The summed E-state index contributed by atoms with van der Waals surface area (Å²) in [7, 11) is 0. The molecule has 1 amide bonds. The molecule has 5 heteroatoms. The van der Waals surface area contributed by atoms with Crippen molar-refractivity contribution in [1.82, 2.24) is 4.98 Å². The highest BCUT2D eigenvalue weighted by molar-refractivity contribution is 5.96. The first-order valence-electron chi connectivity index (χ1n) is 5.98. The Morgan fingerprint density at radius 2 is 2.26 bits per heavy atom. The molecule has 0 bridgehead atoms. The van der Waals surface area contributed by atoms with Gasteiger partial charge in [-0.2, -0.15) is 0 Å². The van der Waals surface area contributed by atoms with Crippen LogP contribution in [-0.4, -0.2) is 17.5 Å². The fraction of sp³-hybridized carbons (Fsp3) is 0.143. The summed E-state index contributed by atoms with van der Waals surface area (Å²) in [5.74, 6) is 0.546. The third kappa shape index (κ3) is 2.15. The Morgan fingerprint density at radius 1 is 1.37 bits per heavy atom. The zero-order valence-electron chi connectivity index (χ0n) is 10.2. The van der Waals surface area contributed by atoms with Crippen LogP contribution in [0, 0.1) is 0 Å². The molecule has 2 aromatic rings. The SMILES string of the molecule is NCc1cnccc1-c1ccc2c(c1)NC(=O)CO2. The molecule has 0 saturated carbocycles. The Kier molecular flexibility index (Phi) is 2.89. The maximum atomic E-state index is 11.3. The molecule has 0 unspecified atom stereocenters. The predicted octanol–water partition coefficient (Wildman–Crippen LogP) is 1.54. The normalized spacial score (nSPS) is 13.4. The van der Waals surface area contributed by atoms with Gasteiger partial charge in [0.25, 0.3) is 5.91 Å². The Labute approximate surface area is 110 Å². The third-order valence-corrected chi connectivity index (χ3v) is 3.05. The first-order valence-corrected chi connectivity index (χ1v) is 5.98. The van der Waals surface area contributed by atoms with E-state index >= 15 is 0 Å². The minimum atomic E-state index is -0.140. The van der Waals surface area contributed by atoms with Crippen molar-refractivity contribution in [3.05, 3.63) is 42.2 Å². The van der Waals surface area contributed by atoms with Crippen LogP contribution in [0.4, 0.5) is 5.69 Å². The van der Waals surface area contributed by atoms with E-state index < -0.39 is 0 Å². The van der Waals surface area contributed by atoms with E-state index in [9.17, 15) is 4.79 Å². The molecule has 1 aromatic carbocycles. The molecule has 0 aliphatic carbocycles. The maximum Gasteiger partial charge on any atom is 0.262 e. The highest BCUT2D eigenvalue weighted by Crippen LogP contribution is 2.33. The van der Waals surface area contributed by atoms with Crippen LogP contribution in [0.25, 0.3) is 11.1 Å². The summed E-state index contributed by atoms with van der Waals surface area (Å²) in [6.45, 7) is 0.485. The van der Waals surface area contributed by atoms with Crippen LogP contribution in [0.3, 0.4) is 0 Å². The highest BCUT2D eigenvalue weighted by atomic mass is 16.5. The van der Waals surface area contributed by atoms with Gasteiger partial charge in [0, 0.05) is 18.9 Å². The maximum absolute atomic E-state index is 11.3. The van der Waals surface area contributed by atoms with Gasteiger partial charge in [-0.3, -0.25) is 9.78 Å². The number of anilines is 1. The van der Waals surface area contributed by atoms with Crippen LogP contribution in [0.5, 0.6) is 5.75 Å². The summed E-state index contributed by atoms with van der Waals surface area (Å²) in [5, 5.41) is 2.80. The topological polar surface area (TPSA) is 77.2 Å². The highest BCUT2D eigenvalue weighted by Gasteiger charge is 2.16. The number of rotatable bonds is 2. The van der Waals surface area contributed by atoms with Crippen molar-refractivity contribution in [1.29, 1.82) is 0 Å². The number of benzene rings is 1. The number of aromatic nitrogens is 1. The first kappa shape index (κ1) is 11.7. The molecule has 0 atom stereocenters. The van der Waals surface area contributed by atoms with Crippen LogP contribution < -0.4 is 15.8 Å². The van der Waals surface area contributed by atoms with Gasteiger partial charge in [-0.25, -0.2) is 0 Å². The van der Waals surface area contributed by atoms with E-state index in [1.54, 1.807) is 12.4 Å². The van der Waals surface area contributed by atoms with Crippen LogP contribution in [0.15, 0.2) is 36.7 Å². The molecule has 0 radical (unpaired) electrons. The third-order valence-electron chi connectivity index (χ3n) is 3.05. The number of pyridine rings is 1. The molecular weight excluding hydrogens is 242 g/mol. The van der Waals surface area contributed by atoms with Crippen molar-refractivity contribution in [3.63, 3.8) is 0 Å². The zero-order chi connectivity index (χ0) is 13.2. The van der Waals surface area contributed by atoms with E-state index in [2.05, 4.69) is 10.3 Å². The van der Waals surface area contributed by atoms with E-state index in [4.69, 9.17) is 10.5 Å². The average Bonchev–Trinajstić information content (AvgIpc) is 2.46. The molecule has 0 spiro atoms. The summed E-state index contributed by atoms with van der Waals surface area (Å²) >= 11 is 0. The molecule has 3 rings (SSSR count). The molecule has 1 aliphatic rings. The molecule has 3 N–H and O–H groups in total. The van der Waals surface area contributed by atoms with Gasteiger partial charge in [-0.15, -0.1) is 0 Å². The lowest BCUT2D eigenvalue weighted by atomic mass is 10.0. The van der Waals surface area contributed by atoms with E-state index in [0.29, 0.717) is 18.0 Å². The second-order valence-electron chi connectivity index (χ2n) is 4.28. The van der Waals surface area contributed by atoms with Crippen LogP contribution in [-0.2, 0) is 11.3 Å². The Morgan fingerprint density at radius 3 is 3.11 bits per heavy atom. The van der Waals surface area contributed by atoms with Gasteiger partial charge in [0.15, 0.2) is 6.61 Å². The molecule has 96 valence electrons. The molecule has 0 fully saturated rings. The number of nitrogens with one attached hydrogen (secondary N) is 1. The molecular formula is C14H13N3O2. The van der Waals surface area contributed by atoms with Crippen molar-refractivity contribution in [2.45, 2.75) is 6.54 Å². The van der Waals surface area contributed by atoms with Gasteiger partial charge in [0.1, 0.15) is 5.75 Å². The van der Waals surface area contributed by atoms with Crippen molar-refractivity contribution < 1.29 is 9.53 Å². The summed E-state index contributed by atoms with van der Waals surface area (Å²) in [6.07, 6.45) is 3.48. The number of hydrogen-bond donors (Lipinski definition) is 2. The summed E-state index contributed by atoms with van der Waals surface area (Å²) < 4.78 is 5.33. The molecule has 19 heavy (non-hydrogen) atoms. The van der Waals surface area contributed by atoms with Crippen LogP contribution >= 0.6 is 0 Å². The molecule has 0 saturated heterocycles. The Bertz CT molecular complexity index is 640. The first-order chi connectivity index (χ1) is 9.28. The molecule has 2 heterocycles. The zero-order valence-corrected chi connectivity index (χ0v) is 10.2. The van der Waals surface area contributed by atoms with Gasteiger partial charge in [0.05, 0.1) is 5.69 Å². The number of carbonyl (C=O) groups excluding carboxylic acids is 1. The average molecular weight is 255 g/mol. The number of amides is 1. The molecule has 5 nitrogen and oxygen atoms in total. The van der Waals surface area contributed by atoms with E-state index in [0.717, 1.165) is 16.7 Å². The van der Waals surface area contributed by atoms with Gasteiger partial charge >= 0.3 is 0 Å². The van der Waals surface area contributed by atoms with Crippen molar-refractivity contribution in [2.24, 2.45) is 5.73 Å². The fourth-order valence-corrected chi connectivity index (χ4v) is 2.12. The van der Waals surface area contributed by atoms with Crippen molar-refractivity contribution >= 4 is 11.6 Å². The molecule has 1 aromatic heterocycles. The summed E-state index contributed by atoms with van der Waals surface area (Å²) in [6, 6.07) is 7.60. The van der Waals surface area contributed by atoms with Crippen LogP contribution in [0.1, 0.15) is 5.56 Å². The Hall–Kier alpha value is -2.40. The standard InChI is InChI=1S/C14H13N3O2/c15-6-10-7-16-4-3-11(10)9-1-2-13-12(5-9)17-14(18)8-19-13/h1-5,7H,6,8,15H2,(H,17,18). The van der Waals surface area contributed by atoms with E-state index in [1.807, 2.05) is 24.3 Å². The van der Waals surface area contributed by atoms with Gasteiger partial charge in [0.2, 0.25) is 0 Å². The number of carbonyl (C=O) groups is 1. The Balaban J connectivity index is 2.06. The largest absolute Gasteiger partial charge is 0.482 e. The van der Waals surface area contributed by atoms with Gasteiger partial charge < -0.3 is 15.8 Å². The lowest BCUT2D eigenvalue weighted by molar-refractivity contribution is -0.118. The minimum absolute atomic E-state index is 0.0651.